The molecule has 0 amide bonds. The maximum Gasteiger partial charge on any atom is 0.306 e. The minimum absolute atomic E-state index is 0.0425. The van der Waals surface area contributed by atoms with Gasteiger partial charge in [-0.05, 0) is 89.9 Å². The third kappa shape index (κ3) is 46.4. The van der Waals surface area contributed by atoms with E-state index in [0.29, 0.717) is 23.9 Å². The second kappa shape index (κ2) is 43.2. The number of nitrogens with zero attached hydrogens (tertiary/aromatic N) is 1. The SMILES string of the molecule is CC/C=C\C/C=C\C/C=C\C/C=C\C/C=C\CCCCCCCC(=O)OC(COC(=O)CCCCCCCCC/C=C\C/C=C\C/C=C\CC)COP(=O)([O-])OCC[N+](C)(C)C. The van der Waals surface area contributed by atoms with Crippen molar-refractivity contribution in [2.24, 2.45) is 0 Å². The van der Waals surface area contributed by atoms with E-state index in [1.165, 1.54) is 19.3 Å². The Balaban J connectivity index is 4.38. The number of rotatable bonds is 42. The molecule has 0 N–H and O–H groups in total. The summed E-state index contributed by atoms with van der Waals surface area (Å²) in [5.74, 6) is -0.876. The lowest BCUT2D eigenvalue weighted by molar-refractivity contribution is -0.870. The van der Waals surface area contributed by atoms with Gasteiger partial charge in [0, 0.05) is 12.8 Å². The molecule has 0 aliphatic rings. The molecule has 0 bridgehead atoms. The van der Waals surface area contributed by atoms with Gasteiger partial charge < -0.3 is 27.9 Å². The summed E-state index contributed by atoms with van der Waals surface area (Å²) in [6.07, 6.45) is 57.1. The van der Waals surface area contributed by atoms with E-state index in [1.54, 1.807) is 0 Å². The van der Waals surface area contributed by atoms with Crippen molar-refractivity contribution < 1.29 is 42.1 Å². The minimum Gasteiger partial charge on any atom is -0.756 e. The Kier molecular flexibility index (Phi) is 41.1. The number of unbranched alkanes of at least 4 members (excludes halogenated alkanes) is 12. The number of phosphoric ester groups is 1. The molecule has 10 heteroatoms. The summed E-state index contributed by atoms with van der Waals surface area (Å²) in [4.78, 5) is 37.7. The maximum absolute atomic E-state index is 12.7. The topological polar surface area (TPSA) is 111 Å². The monoisotopic (exact) mass is 886 g/mol. The van der Waals surface area contributed by atoms with Crippen LogP contribution in [0.2, 0.25) is 0 Å². The number of quaternary nitrogens is 1. The first kappa shape index (κ1) is 58.9. The summed E-state index contributed by atoms with van der Waals surface area (Å²) in [5.41, 5.74) is 0. The van der Waals surface area contributed by atoms with Crippen LogP contribution in [0.3, 0.4) is 0 Å². The van der Waals surface area contributed by atoms with Crippen LogP contribution in [0.15, 0.2) is 97.2 Å². The van der Waals surface area contributed by atoms with Crippen LogP contribution in [0.4, 0.5) is 0 Å². The van der Waals surface area contributed by atoms with Crippen LogP contribution in [0.5, 0.6) is 0 Å². The third-order valence-corrected chi connectivity index (χ3v) is 10.6. The number of hydrogen-bond acceptors (Lipinski definition) is 8. The first-order chi connectivity index (χ1) is 30.0. The molecule has 0 saturated carbocycles. The molecule has 0 spiro atoms. The van der Waals surface area contributed by atoms with Crippen molar-refractivity contribution in [3.8, 4) is 0 Å². The standard InChI is InChI=1S/C52H88NO8P/c1-6-8-10-12-14-16-18-20-22-24-25-26-27-29-31-33-35-37-39-41-43-45-52(55)61-50(49-60-62(56,57)59-47-46-53(3,4)5)48-58-51(54)44-42-40-38-36-34-32-30-28-23-21-19-17-15-13-11-9-7-2/h8-11,14-17,20-23,25-26,29,31,50H,6-7,12-13,18-19,24,27-28,30,32-49H2,1-5H3/b10-8-,11-9-,16-14-,17-15-,22-20-,23-21-,26-25-,31-29-. The number of hydrogen-bond donors (Lipinski definition) is 0. The molecule has 0 aromatic rings. The third-order valence-electron chi connectivity index (χ3n) is 9.60. The summed E-state index contributed by atoms with van der Waals surface area (Å²) >= 11 is 0. The predicted molar refractivity (Wildman–Crippen MR) is 259 cm³/mol. The highest BCUT2D eigenvalue weighted by Gasteiger charge is 2.21. The molecule has 2 unspecified atom stereocenters. The molecule has 0 aliphatic carbocycles. The Hall–Kier alpha value is -3.07. The summed E-state index contributed by atoms with van der Waals surface area (Å²) < 4.78 is 34.0. The van der Waals surface area contributed by atoms with Gasteiger partial charge in [0.1, 0.15) is 19.8 Å². The summed E-state index contributed by atoms with van der Waals surface area (Å²) in [6, 6.07) is 0. The van der Waals surface area contributed by atoms with E-state index in [-0.39, 0.29) is 26.1 Å². The van der Waals surface area contributed by atoms with Crippen molar-refractivity contribution >= 4 is 19.8 Å². The second-order valence-corrected chi connectivity index (χ2v) is 18.1. The largest absolute Gasteiger partial charge is 0.756 e. The van der Waals surface area contributed by atoms with Gasteiger partial charge in [0.2, 0.25) is 0 Å². The molecule has 0 saturated heterocycles. The molecule has 354 valence electrons. The minimum atomic E-state index is -4.64. The van der Waals surface area contributed by atoms with E-state index in [2.05, 4.69) is 111 Å². The molecule has 0 aromatic carbocycles. The quantitative estimate of drug-likeness (QED) is 0.0196. The number of carbonyl (C=O) groups excluding carboxylic acids is 2. The first-order valence-corrected chi connectivity index (χ1v) is 25.4. The molecule has 0 radical (unpaired) electrons. The lowest BCUT2D eigenvalue weighted by Gasteiger charge is -2.28. The Bertz CT molecular complexity index is 1370. The van der Waals surface area contributed by atoms with Crippen molar-refractivity contribution in [2.45, 2.75) is 174 Å². The molecule has 0 rings (SSSR count). The smallest absolute Gasteiger partial charge is 0.306 e. The normalized spacial score (nSPS) is 14.4. The summed E-state index contributed by atoms with van der Waals surface area (Å²) in [6.45, 7) is 3.95. The van der Waals surface area contributed by atoms with Gasteiger partial charge in [-0.15, -0.1) is 0 Å². The Labute approximate surface area is 379 Å². The second-order valence-electron chi connectivity index (χ2n) is 16.7. The maximum atomic E-state index is 12.7. The van der Waals surface area contributed by atoms with E-state index >= 15 is 0 Å². The van der Waals surface area contributed by atoms with Crippen LogP contribution in [-0.4, -0.2) is 70.0 Å². The molecule has 0 aliphatic heterocycles. The average molecular weight is 886 g/mol. The number of carbonyl (C=O) groups is 2. The molecular weight excluding hydrogens is 798 g/mol. The molecule has 0 aromatic heterocycles. The highest BCUT2D eigenvalue weighted by Crippen LogP contribution is 2.38. The van der Waals surface area contributed by atoms with Crippen molar-refractivity contribution in [1.29, 1.82) is 0 Å². The van der Waals surface area contributed by atoms with Crippen molar-refractivity contribution in [3.05, 3.63) is 97.2 Å². The van der Waals surface area contributed by atoms with E-state index in [1.807, 2.05) is 21.1 Å². The number of likely N-dealkylation sites (N-methyl/N-ethyl adjacent to an activating group) is 1. The van der Waals surface area contributed by atoms with Gasteiger partial charge in [0.25, 0.3) is 7.82 Å². The summed E-state index contributed by atoms with van der Waals surface area (Å²) in [5, 5.41) is 0. The zero-order valence-electron chi connectivity index (χ0n) is 39.8. The molecule has 2 atom stereocenters. The van der Waals surface area contributed by atoms with Gasteiger partial charge in [0.05, 0.1) is 27.7 Å². The Morgan fingerprint density at radius 3 is 1.29 bits per heavy atom. The fraction of sp³-hybridized carbons (Fsp3) is 0.654. The zero-order valence-corrected chi connectivity index (χ0v) is 40.7. The Morgan fingerprint density at radius 1 is 0.500 bits per heavy atom. The molecule has 9 nitrogen and oxygen atoms in total. The number of ether oxygens (including phenoxy) is 2. The number of phosphoric acid groups is 1. The van der Waals surface area contributed by atoms with Crippen LogP contribution in [0.1, 0.15) is 168 Å². The molecule has 62 heavy (non-hydrogen) atoms. The van der Waals surface area contributed by atoms with Gasteiger partial charge in [-0.2, -0.15) is 0 Å². The molecular formula is C52H88NO8P. The average Bonchev–Trinajstić information content (AvgIpc) is 3.23. The molecule has 0 fully saturated rings. The predicted octanol–water partition coefficient (Wildman–Crippen LogP) is 13.5. The lowest BCUT2D eigenvalue weighted by atomic mass is 10.1. The highest BCUT2D eigenvalue weighted by molar-refractivity contribution is 7.45. The van der Waals surface area contributed by atoms with E-state index in [9.17, 15) is 19.0 Å². The fourth-order valence-corrected chi connectivity index (χ4v) is 6.66. The first-order valence-electron chi connectivity index (χ1n) is 23.9. The summed E-state index contributed by atoms with van der Waals surface area (Å²) in [7, 11) is 1.13. The number of allylic oxidation sites excluding steroid dienone is 16. The number of esters is 2. The van der Waals surface area contributed by atoms with Gasteiger partial charge >= 0.3 is 11.9 Å². The van der Waals surface area contributed by atoms with Crippen LogP contribution >= 0.6 is 7.82 Å². The van der Waals surface area contributed by atoms with Crippen molar-refractivity contribution in [1.82, 2.24) is 0 Å². The highest BCUT2D eigenvalue weighted by atomic mass is 31.2. The molecule has 0 heterocycles. The van der Waals surface area contributed by atoms with Gasteiger partial charge in [-0.1, -0.05) is 162 Å². The van der Waals surface area contributed by atoms with Crippen molar-refractivity contribution in [3.63, 3.8) is 0 Å². The van der Waals surface area contributed by atoms with Gasteiger partial charge in [-0.3, -0.25) is 14.2 Å². The van der Waals surface area contributed by atoms with Crippen LogP contribution in [0, 0.1) is 0 Å². The zero-order chi connectivity index (χ0) is 45.7. The van der Waals surface area contributed by atoms with Gasteiger partial charge in [0.15, 0.2) is 6.10 Å². The fourth-order valence-electron chi connectivity index (χ4n) is 5.93. The van der Waals surface area contributed by atoms with E-state index < -0.39 is 32.5 Å². The van der Waals surface area contributed by atoms with Crippen molar-refractivity contribution in [2.75, 3.05) is 47.5 Å². The van der Waals surface area contributed by atoms with E-state index in [0.717, 1.165) is 109 Å². The van der Waals surface area contributed by atoms with E-state index in [4.69, 9.17) is 18.5 Å². The van der Waals surface area contributed by atoms with Crippen LogP contribution in [-0.2, 0) is 32.7 Å². The van der Waals surface area contributed by atoms with Crippen LogP contribution in [0.25, 0.3) is 0 Å². The van der Waals surface area contributed by atoms with Gasteiger partial charge in [-0.25, -0.2) is 0 Å². The van der Waals surface area contributed by atoms with Crippen LogP contribution < -0.4 is 4.89 Å². The lowest BCUT2D eigenvalue weighted by Crippen LogP contribution is -2.37. The Morgan fingerprint density at radius 2 is 0.871 bits per heavy atom.